The fourth-order valence-electron chi connectivity index (χ4n) is 2.60. The van der Waals surface area contributed by atoms with Gasteiger partial charge in [0, 0.05) is 25.2 Å². The van der Waals surface area contributed by atoms with E-state index in [-0.39, 0.29) is 30.3 Å². The highest BCUT2D eigenvalue weighted by Crippen LogP contribution is 2.25. The van der Waals surface area contributed by atoms with E-state index in [1.54, 1.807) is 4.68 Å². The Kier molecular flexibility index (Phi) is 5.82. The largest absolute Gasteiger partial charge is 0.328 e. The molecule has 0 radical (unpaired) electrons. The first-order chi connectivity index (χ1) is 8.60. The third-order valence-corrected chi connectivity index (χ3v) is 3.58. The summed E-state index contributed by atoms with van der Waals surface area (Å²) < 4.78 is 1.74. The van der Waals surface area contributed by atoms with Gasteiger partial charge in [-0.1, -0.05) is 13.3 Å². The van der Waals surface area contributed by atoms with Gasteiger partial charge in [-0.3, -0.25) is 9.48 Å². The number of aromatic nitrogens is 2. The number of carbonyl (C=O) groups excluding carboxylic acids is 1. The number of nitrogens with one attached hydrogen (secondary N) is 1. The van der Waals surface area contributed by atoms with Crippen molar-refractivity contribution < 1.29 is 4.79 Å². The molecular formula is C13H23ClN4O. The van der Waals surface area contributed by atoms with Crippen LogP contribution < -0.4 is 11.1 Å². The topological polar surface area (TPSA) is 72.9 Å². The van der Waals surface area contributed by atoms with Crippen molar-refractivity contribution in [2.24, 2.45) is 18.7 Å². The lowest BCUT2D eigenvalue weighted by Gasteiger charge is -2.25. The quantitative estimate of drug-likeness (QED) is 0.891. The number of rotatable bonds is 3. The van der Waals surface area contributed by atoms with E-state index in [2.05, 4.69) is 10.4 Å². The standard InChI is InChI=1S/C13H22N4O.ClH/c1-3-11-12(8-17(2)16-11)15-13(18)9-5-4-6-10(14)7-9;/h8-10H,3-7,14H2,1-2H3,(H,15,18);1H. The first-order valence-electron chi connectivity index (χ1n) is 6.69. The van der Waals surface area contributed by atoms with Gasteiger partial charge in [0.1, 0.15) is 0 Å². The van der Waals surface area contributed by atoms with Crippen LogP contribution in [0, 0.1) is 5.92 Å². The van der Waals surface area contributed by atoms with E-state index in [4.69, 9.17) is 5.73 Å². The molecule has 0 aromatic carbocycles. The van der Waals surface area contributed by atoms with Crippen LogP contribution in [-0.4, -0.2) is 21.7 Å². The van der Waals surface area contributed by atoms with E-state index >= 15 is 0 Å². The Bertz CT molecular complexity index is 432. The van der Waals surface area contributed by atoms with Crippen molar-refractivity contribution in [3.05, 3.63) is 11.9 Å². The average Bonchev–Trinajstić information content (AvgIpc) is 2.69. The molecule has 0 aliphatic heterocycles. The predicted molar refractivity (Wildman–Crippen MR) is 78.4 cm³/mol. The van der Waals surface area contributed by atoms with Crippen molar-refractivity contribution in [1.82, 2.24) is 9.78 Å². The Balaban J connectivity index is 0.00000180. The van der Waals surface area contributed by atoms with Crippen LogP contribution in [0.25, 0.3) is 0 Å². The maximum absolute atomic E-state index is 12.2. The monoisotopic (exact) mass is 286 g/mol. The van der Waals surface area contributed by atoms with Gasteiger partial charge in [-0.15, -0.1) is 12.4 Å². The molecule has 3 N–H and O–H groups in total. The minimum absolute atomic E-state index is 0. The van der Waals surface area contributed by atoms with Crippen molar-refractivity contribution in [3.8, 4) is 0 Å². The van der Waals surface area contributed by atoms with Crippen LogP contribution in [0.3, 0.4) is 0 Å². The summed E-state index contributed by atoms with van der Waals surface area (Å²) in [5.74, 6) is 0.145. The zero-order valence-corrected chi connectivity index (χ0v) is 12.4. The van der Waals surface area contributed by atoms with E-state index < -0.39 is 0 Å². The SMILES string of the molecule is CCc1nn(C)cc1NC(=O)C1CCCC(N)C1.Cl. The first-order valence-corrected chi connectivity index (χ1v) is 6.69. The Hall–Kier alpha value is -1.07. The molecule has 1 heterocycles. The number of anilines is 1. The molecule has 1 fully saturated rings. The van der Waals surface area contributed by atoms with Crippen LogP contribution in [0.2, 0.25) is 0 Å². The smallest absolute Gasteiger partial charge is 0.227 e. The number of amides is 1. The normalized spacial score (nSPS) is 22.7. The van der Waals surface area contributed by atoms with Gasteiger partial charge < -0.3 is 11.1 Å². The molecule has 6 heteroatoms. The molecule has 0 saturated heterocycles. The van der Waals surface area contributed by atoms with Gasteiger partial charge >= 0.3 is 0 Å². The predicted octanol–water partition coefficient (Wildman–Crippen LogP) is 1.86. The molecular weight excluding hydrogens is 264 g/mol. The molecule has 0 bridgehead atoms. The lowest BCUT2D eigenvalue weighted by molar-refractivity contribution is -0.120. The summed E-state index contributed by atoms with van der Waals surface area (Å²) in [6.45, 7) is 2.04. The molecule has 5 nitrogen and oxygen atoms in total. The van der Waals surface area contributed by atoms with Crippen LogP contribution in [0.5, 0.6) is 0 Å². The van der Waals surface area contributed by atoms with Crippen molar-refractivity contribution in [2.45, 2.75) is 45.1 Å². The van der Waals surface area contributed by atoms with Crippen LogP contribution in [-0.2, 0) is 18.3 Å². The van der Waals surface area contributed by atoms with E-state index in [1.165, 1.54) is 0 Å². The van der Waals surface area contributed by atoms with Crippen molar-refractivity contribution in [3.63, 3.8) is 0 Å². The van der Waals surface area contributed by atoms with Gasteiger partial charge in [-0.2, -0.15) is 5.10 Å². The first kappa shape index (κ1) is 16.0. The Morgan fingerprint density at radius 2 is 2.32 bits per heavy atom. The number of nitrogens with two attached hydrogens (primary N) is 1. The summed E-state index contributed by atoms with van der Waals surface area (Å²) in [4.78, 5) is 12.2. The summed E-state index contributed by atoms with van der Waals surface area (Å²) in [5.41, 5.74) is 7.69. The van der Waals surface area contributed by atoms with Crippen molar-refractivity contribution >= 4 is 24.0 Å². The lowest BCUT2D eigenvalue weighted by atomic mass is 9.85. The Morgan fingerprint density at radius 1 is 1.58 bits per heavy atom. The van der Waals surface area contributed by atoms with Crippen LogP contribution in [0.15, 0.2) is 6.20 Å². The summed E-state index contributed by atoms with van der Waals surface area (Å²) in [7, 11) is 1.87. The van der Waals surface area contributed by atoms with Crippen LogP contribution >= 0.6 is 12.4 Å². The fourth-order valence-corrected chi connectivity index (χ4v) is 2.60. The minimum atomic E-state index is 0. The van der Waals surface area contributed by atoms with Gasteiger partial charge in [-0.25, -0.2) is 0 Å². The number of aryl methyl sites for hydroxylation is 2. The van der Waals surface area contributed by atoms with Crippen LogP contribution in [0.4, 0.5) is 5.69 Å². The number of hydrogen-bond donors (Lipinski definition) is 2. The molecule has 2 unspecified atom stereocenters. The van der Waals surface area contributed by atoms with Gasteiger partial charge in [-0.05, 0) is 25.7 Å². The molecule has 1 aromatic rings. The van der Waals surface area contributed by atoms with Crippen molar-refractivity contribution in [1.29, 1.82) is 0 Å². The zero-order chi connectivity index (χ0) is 13.1. The van der Waals surface area contributed by atoms with E-state index in [9.17, 15) is 4.79 Å². The van der Waals surface area contributed by atoms with Gasteiger partial charge in [0.15, 0.2) is 0 Å². The van der Waals surface area contributed by atoms with Crippen molar-refractivity contribution in [2.75, 3.05) is 5.32 Å². The maximum atomic E-state index is 12.2. The Labute approximate surface area is 120 Å². The molecule has 1 aliphatic carbocycles. The zero-order valence-electron chi connectivity index (χ0n) is 11.6. The second-order valence-electron chi connectivity index (χ2n) is 5.13. The second-order valence-corrected chi connectivity index (χ2v) is 5.13. The summed E-state index contributed by atoms with van der Waals surface area (Å²) in [5, 5.41) is 7.31. The molecule has 1 amide bonds. The molecule has 108 valence electrons. The van der Waals surface area contributed by atoms with Gasteiger partial charge in [0.2, 0.25) is 5.91 Å². The summed E-state index contributed by atoms with van der Waals surface area (Å²) in [6.07, 6.45) is 6.51. The summed E-state index contributed by atoms with van der Waals surface area (Å²) in [6, 6.07) is 0.175. The highest BCUT2D eigenvalue weighted by molar-refractivity contribution is 5.93. The van der Waals surface area contributed by atoms with E-state index in [1.807, 2.05) is 20.2 Å². The van der Waals surface area contributed by atoms with Crippen LogP contribution in [0.1, 0.15) is 38.3 Å². The third-order valence-electron chi connectivity index (χ3n) is 3.58. The van der Waals surface area contributed by atoms with E-state index in [0.717, 1.165) is 43.5 Å². The molecule has 0 spiro atoms. The summed E-state index contributed by atoms with van der Waals surface area (Å²) >= 11 is 0. The van der Waals surface area contributed by atoms with E-state index in [0.29, 0.717) is 0 Å². The number of nitrogens with zero attached hydrogens (tertiary/aromatic N) is 2. The third kappa shape index (κ3) is 3.94. The molecule has 1 aliphatic rings. The minimum Gasteiger partial charge on any atom is -0.328 e. The molecule has 1 saturated carbocycles. The average molecular weight is 287 g/mol. The molecule has 2 rings (SSSR count). The highest BCUT2D eigenvalue weighted by Gasteiger charge is 2.26. The molecule has 2 atom stereocenters. The second kappa shape index (κ2) is 6.91. The maximum Gasteiger partial charge on any atom is 0.227 e. The lowest BCUT2D eigenvalue weighted by Crippen LogP contribution is -2.34. The number of halogens is 1. The number of carbonyl (C=O) groups is 1. The molecule has 1 aromatic heterocycles. The molecule has 19 heavy (non-hydrogen) atoms. The van der Waals surface area contributed by atoms with Gasteiger partial charge in [0.05, 0.1) is 11.4 Å². The number of hydrogen-bond acceptors (Lipinski definition) is 3. The van der Waals surface area contributed by atoms with Gasteiger partial charge in [0.25, 0.3) is 0 Å². The Morgan fingerprint density at radius 3 is 2.95 bits per heavy atom. The fraction of sp³-hybridized carbons (Fsp3) is 0.692. The highest BCUT2D eigenvalue weighted by atomic mass is 35.5.